The van der Waals surface area contributed by atoms with E-state index < -0.39 is 0 Å². The number of carbonyl (C=O) groups excluding carboxylic acids is 1. The first-order valence-corrected chi connectivity index (χ1v) is 5.85. The molecule has 1 heterocycles. The second kappa shape index (κ2) is 3.79. The Morgan fingerprint density at radius 3 is 2.67 bits per heavy atom. The maximum Gasteiger partial charge on any atom is 0.134 e. The third-order valence-corrected chi connectivity index (χ3v) is 3.72. The molecule has 0 amide bonds. The predicted octanol–water partition coefficient (Wildman–Crippen LogP) is 1.16. The molecule has 1 saturated heterocycles. The molecule has 3 heteroatoms. The lowest BCUT2D eigenvalue weighted by Gasteiger charge is -2.31. The Morgan fingerprint density at radius 2 is 2.08 bits per heavy atom. The molecule has 1 unspecified atom stereocenters. The first kappa shape index (κ1) is 8.57. The Kier molecular flexibility index (Phi) is 2.71. The van der Waals surface area contributed by atoms with E-state index in [1.54, 1.807) is 0 Å². The van der Waals surface area contributed by atoms with Gasteiger partial charge in [-0.05, 0) is 6.42 Å². The summed E-state index contributed by atoms with van der Waals surface area (Å²) in [6.45, 7) is 2.39. The van der Waals surface area contributed by atoms with E-state index in [4.69, 9.17) is 0 Å². The molecule has 2 nitrogen and oxygen atoms in total. The smallest absolute Gasteiger partial charge is 0.134 e. The topological polar surface area (TPSA) is 20.3 Å². The Balaban J connectivity index is 1.86. The van der Waals surface area contributed by atoms with Crippen molar-refractivity contribution in [1.29, 1.82) is 0 Å². The van der Waals surface area contributed by atoms with Crippen molar-refractivity contribution in [1.82, 2.24) is 4.90 Å². The van der Waals surface area contributed by atoms with E-state index >= 15 is 0 Å². The summed E-state index contributed by atoms with van der Waals surface area (Å²) < 4.78 is 0. The largest absolute Gasteiger partial charge is 0.300 e. The fourth-order valence-corrected chi connectivity index (χ4v) is 2.98. The molecular weight excluding hydrogens is 170 g/mol. The standard InChI is InChI=1S/C9H15NOS/c11-9-2-1-8(7-9)10-3-5-12-6-4-10/h8H,1-7H2. The third-order valence-electron chi connectivity index (χ3n) is 2.78. The number of Topliss-reactive ketones (excluding diaryl/α,β-unsaturated/α-hetero) is 1. The van der Waals surface area contributed by atoms with Gasteiger partial charge in [0.25, 0.3) is 0 Å². The normalized spacial score (nSPS) is 32.7. The van der Waals surface area contributed by atoms with Gasteiger partial charge in [-0.1, -0.05) is 0 Å². The molecule has 1 aliphatic heterocycles. The second-order valence-electron chi connectivity index (χ2n) is 3.58. The van der Waals surface area contributed by atoms with Gasteiger partial charge in [0.2, 0.25) is 0 Å². The van der Waals surface area contributed by atoms with Gasteiger partial charge in [-0.25, -0.2) is 0 Å². The highest BCUT2D eigenvalue weighted by Gasteiger charge is 2.28. The lowest BCUT2D eigenvalue weighted by Crippen LogP contribution is -2.39. The number of rotatable bonds is 1. The quantitative estimate of drug-likeness (QED) is 0.611. The molecule has 1 atom stereocenters. The fourth-order valence-electron chi connectivity index (χ4n) is 2.05. The lowest BCUT2D eigenvalue weighted by atomic mass is 10.2. The van der Waals surface area contributed by atoms with Crippen LogP contribution in [0.5, 0.6) is 0 Å². The van der Waals surface area contributed by atoms with Crippen LogP contribution in [0.4, 0.5) is 0 Å². The van der Waals surface area contributed by atoms with Gasteiger partial charge in [0.15, 0.2) is 0 Å². The summed E-state index contributed by atoms with van der Waals surface area (Å²) in [6, 6.07) is 0.596. The van der Waals surface area contributed by atoms with Crippen molar-refractivity contribution in [3.63, 3.8) is 0 Å². The Labute approximate surface area is 77.7 Å². The van der Waals surface area contributed by atoms with E-state index in [-0.39, 0.29) is 0 Å². The molecule has 0 N–H and O–H groups in total. The first-order valence-electron chi connectivity index (χ1n) is 4.70. The Morgan fingerprint density at radius 1 is 1.33 bits per heavy atom. The van der Waals surface area contributed by atoms with Crippen LogP contribution in [-0.4, -0.2) is 41.3 Å². The summed E-state index contributed by atoms with van der Waals surface area (Å²) >= 11 is 2.03. The van der Waals surface area contributed by atoms with Gasteiger partial charge >= 0.3 is 0 Å². The molecule has 2 fully saturated rings. The molecule has 68 valence electrons. The molecule has 12 heavy (non-hydrogen) atoms. The Hall–Kier alpha value is -0.0200. The van der Waals surface area contributed by atoms with Crippen molar-refractivity contribution in [2.75, 3.05) is 24.6 Å². The number of ketones is 1. The summed E-state index contributed by atoms with van der Waals surface area (Å²) in [7, 11) is 0. The summed E-state index contributed by atoms with van der Waals surface area (Å²) in [5.41, 5.74) is 0. The minimum Gasteiger partial charge on any atom is -0.300 e. The van der Waals surface area contributed by atoms with Crippen LogP contribution in [0.2, 0.25) is 0 Å². The zero-order valence-electron chi connectivity index (χ0n) is 7.29. The number of hydrogen-bond donors (Lipinski definition) is 0. The molecule has 0 aromatic rings. The summed E-state index contributed by atoms with van der Waals surface area (Å²) in [6.07, 6.45) is 2.77. The highest BCUT2D eigenvalue weighted by Crippen LogP contribution is 2.23. The fraction of sp³-hybridized carbons (Fsp3) is 0.889. The van der Waals surface area contributed by atoms with Crippen molar-refractivity contribution in [3.05, 3.63) is 0 Å². The van der Waals surface area contributed by atoms with E-state index in [0.29, 0.717) is 11.8 Å². The van der Waals surface area contributed by atoms with Crippen LogP contribution in [0.25, 0.3) is 0 Å². The maximum atomic E-state index is 11.1. The zero-order valence-corrected chi connectivity index (χ0v) is 8.11. The molecule has 2 aliphatic rings. The molecule has 2 rings (SSSR count). The van der Waals surface area contributed by atoms with Gasteiger partial charge in [0, 0.05) is 43.5 Å². The monoisotopic (exact) mass is 185 g/mol. The highest BCUT2D eigenvalue weighted by atomic mass is 32.2. The summed E-state index contributed by atoms with van der Waals surface area (Å²) in [5, 5.41) is 0. The van der Waals surface area contributed by atoms with Gasteiger partial charge in [-0.2, -0.15) is 11.8 Å². The summed E-state index contributed by atoms with van der Waals surface area (Å²) in [5.74, 6) is 2.98. The molecule has 0 spiro atoms. The highest BCUT2D eigenvalue weighted by molar-refractivity contribution is 7.99. The average molecular weight is 185 g/mol. The van der Waals surface area contributed by atoms with Crippen LogP contribution in [0.15, 0.2) is 0 Å². The van der Waals surface area contributed by atoms with E-state index in [2.05, 4.69) is 4.90 Å². The van der Waals surface area contributed by atoms with E-state index in [0.717, 1.165) is 19.3 Å². The van der Waals surface area contributed by atoms with Crippen molar-refractivity contribution < 1.29 is 4.79 Å². The second-order valence-corrected chi connectivity index (χ2v) is 4.81. The lowest BCUT2D eigenvalue weighted by molar-refractivity contribution is -0.117. The predicted molar refractivity (Wildman–Crippen MR) is 51.5 cm³/mol. The number of nitrogens with zero attached hydrogens (tertiary/aromatic N) is 1. The van der Waals surface area contributed by atoms with Crippen LogP contribution in [0.1, 0.15) is 19.3 Å². The van der Waals surface area contributed by atoms with Crippen LogP contribution in [0.3, 0.4) is 0 Å². The van der Waals surface area contributed by atoms with Gasteiger partial charge < -0.3 is 0 Å². The summed E-state index contributed by atoms with van der Waals surface area (Å²) in [4.78, 5) is 13.6. The number of thioether (sulfide) groups is 1. The minimum atomic E-state index is 0.471. The van der Waals surface area contributed by atoms with Crippen LogP contribution in [0, 0.1) is 0 Å². The molecule has 0 bridgehead atoms. The van der Waals surface area contributed by atoms with E-state index in [1.165, 1.54) is 24.6 Å². The van der Waals surface area contributed by atoms with Gasteiger partial charge in [-0.3, -0.25) is 9.69 Å². The van der Waals surface area contributed by atoms with Crippen LogP contribution in [-0.2, 0) is 4.79 Å². The molecule has 0 aromatic carbocycles. The van der Waals surface area contributed by atoms with Crippen molar-refractivity contribution in [2.45, 2.75) is 25.3 Å². The third kappa shape index (κ3) is 1.83. The molecule has 1 saturated carbocycles. The maximum absolute atomic E-state index is 11.1. The van der Waals surface area contributed by atoms with Gasteiger partial charge in [0.05, 0.1) is 0 Å². The van der Waals surface area contributed by atoms with E-state index in [1.807, 2.05) is 11.8 Å². The number of hydrogen-bond acceptors (Lipinski definition) is 3. The van der Waals surface area contributed by atoms with Gasteiger partial charge in [0.1, 0.15) is 5.78 Å². The first-order chi connectivity index (χ1) is 5.86. The van der Waals surface area contributed by atoms with Crippen LogP contribution >= 0.6 is 11.8 Å². The average Bonchev–Trinajstić information content (AvgIpc) is 2.54. The van der Waals surface area contributed by atoms with E-state index in [9.17, 15) is 4.79 Å². The number of carbonyl (C=O) groups is 1. The molecule has 0 radical (unpaired) electrons. The minimum absolute atomic E-state index is 0.471. The Bertz CT molecular complexity index is 177. The van der Waals surface area contributed by atoms with Crippen molar-refractivity contribution in [2.24, 2.45) is 0 Å². The van der Waals surface area contributed by atoms with Gasteiger partial charge in [-0.15, -0.1) is 0 Å². The molecule has 0 aromatic heterocycles. The van der Waals surface area contributed by atoms with Crippen molar-refractivity contribution >= 4 is 17.5 Å². The molecular formula is C9H15NOS. The van der Waals surface area contributed by atoms with Crippen molar-refractivity contribution in [3.8, 4) is 0 Å². The van der Waals surface area contributed by atoms with Crippen LogP contribution < -0.4 is 0 Å². The SMILES string of the molecule is O=C1CCC(N2CCSCC2)C1. The zero-order chi connectivity index (χ0) is 8.39. The molecule has 1 aliphatic carbocycles.